The van der Waals surface area contributed by atoms with Crippen LogP contribution in [0, 0.1) is 0 Å². The van der Waals surface area contributed by atoms with Crippen LogP contribution >= 0.6 is 11.3 Å². The Labute approximate surface area is 162 Å². The van der Waals surface area contributed by atoms with E-state index in [1.165, 1.54) is 4.88 Å². The molecule has 1 saturated heterocycles. The third kappa shape index (κ3) is 3.89. The van der Waals surface area contributed by atoms with Gasteiger partial charge in [0.2, 0.25) is 0 Å². The number of rotatable bonds is 6. The van der Waals surface area contributed by atoms with Gasteiger partial charge in [0.05, 0.1) is 24.4 Å². The molecule has 1 aliphatic heterocycles. The van der Waals surface area contributed by atoms with Gasteiger partial charge in [0.25, 0.3) is 5.91 Å². The highest BCUT2D eigenvalue weighted by atomic mass is 32.1. The van der Waals surface area contributed by atoms with E-state index in [-0.39, 0.29) is 18.1 Å². The third-order valence-electron chi connectivity index (χ3n) is 4.83. The van der Waals surface area contributed by atoms with Gasteiger partial charge in [0, 0.05) is 35.7 Å². The maximum absolute atomic E-state index is 13.3. The van der Waals surface area contributed by atoms with E-state index in [2.05, 4.69) is 30.0 Å². The number of hydrogen-bond donors (Lipinski definition) is 0. The fourth-order valence-electron chi connectivity index (χ4n) is 3.46. The normalized spacial score (nSPS) is 17.1. The van der Waals surface area contributed by atoms with Crippen LogP contribution in [0.2, 0.25) is 0 Å². The number of nitrogens with zero attached hydrogens (tertiary/aromatic N) is 4. The predicted octanol–water partition coefficient (Wildman–Crippen LogP) is 3.90. The van der Waals surface area contributed by atoms with Gasteiger partial charge in [0.1, 0.15) is 0 Å². The summed E-state index contributed by atoms with van der Waals surface area (Å²) < 4.78 is 7.64. The summed E-state index contributed by atoms with van der Waals surface area (Å²) in [7, 11) is 0. The van der Waals surface area contributed by atoms with Crippen LogP contribution in [0.5, 0.6) is 0 Å². The second kappa shape index (κ2) is 7.78. The lowest BCUT2D eigenvalue weighted by molar-refractivity contribution is 0.0509. The number of amides is 1. The summed E-state index contributed by atoms with van der Waals surface area (Å²) in [5.74, 6) is -0.00871. The Hall–Kier alpha value is -2.25. The van der Waals surface area contributed by atoms with E-state index >= 15 is 0 Å². The van der Waals surface area contributed by atoms with Crippen LogP contribution in [0.4, 0.5) is 0 Å². The first-order valence-corrected chi connectivity index (χ1v) is 10.3. The van der Waals surface area contributed by atoms with Crippen molar-refractivity contribution in [3.63, 3.8) is 0 Å². The van der Waals surface area contributed by atoms with Crippen LogP contribution in [0.15, 0.2) is 36.0 Å². The quantitative estimate of drug-likeness (QED) is 0.647. The lowest BCUT2D eigenvalue weighted by Crippen LogP contribution is -2.36. The summed E-state index contributed by atoms with van der Waals surface area (Å²) in [6.45, 7) is 6.13. The molecule has 0 spiro atoms. The average Bonchev–Trinajstić information content (AvgIpc) is 3.41. The second-order valence-electron chi connectivity index (χ2n) is 7.22. The lowest BCUT2D eigenvalue weighted by Gasteiger charge is -2.25. The molecule has 4 heterocycles. The van der Waals surface area contributed by atoms with Crippen molar-refractivity contribution in [1.29, 1.82) is 0 Å². The summed E-state index contributed by atoms with van der Waals surface area (Å²) in [6, 6.07) is 6.21. The van der Waals surface area contributed by atoms with E-state index in [1.807, 2.05) is 27.1 Å². The van der Waals surface area contributed by atoms with E-state index in [0.717, 1.165) is 30.5 Å². The van der Waals surface area contributed by atoms with Crippen molar-refractivity contribution in [2.75, 3.05) is 13.2 Å². The van der Waals surface area contributed by atoms with E-state index in [9.17, 15) is 4.79 Å². The fourth-order valence-corrected chi connectivity index (χ4v) is 4.18. The molecule has 1 aliphatic rings. The van der Waals surface area contributed by atoms with Gasteiger partial charge in [-0.3, -0.25) is 4.79 Å². The molecular formula is C20H24N4O2S. The first kappa shape index (κ1) is 18.1. The van der Waals surface area contributed by atoms with Crippen molar-refractivity contribution < 1.29 is 9.53 Å². The van der Waals surface area contributed by atoms with Crippen LogP contribution in [0.25, 0.3) is 11.0 Å². The van der Waals surface area contributed by atoms with Crippen molar-refractivity contribution in [3.05, 3.63) is 46.4 Å². The molecule has 3 aromatic heterocycles. The van der Waals surface area contributed by atoms with E-state index in [1.54, 1.807) is 23.7 Å². The topological polar surface area (TPSA) is 60.2 Å². The number of carbonyl (C=O) groups is 1. The molecule has 27 heavy (non-hydrogen) atoms. The number of ether oxygens (including phenoxy) is 1. The van der Waals surface area contributed by atoms with Gasteiger partial charge in [0.15, 0.2) is 5.65 Å². The summed E-state index contributed by atoms with van der Waals surface area (Å²) in [6.07, 6.45) is 5.64. The van der Waals surface area contributed by atoms with Gasteiger partial charge in [-0.1, -0.05) is 6.07 Å². The highest BCUT2D eigenvalue weighted by Crippen LogP contribution is 2.21. The minimum absolute atomic E-state index is 0.00871. The molecule has 142 valence electrons. The minimum Gasteiger partial charge on any atom is -0.376 e. The molecule has 0 aromatic carbocycles. The van der Waals surface area contributed by atoms with Gasteiger partial charge >= 0.3 is 0 Å². The summed E-state index contributed by atoms with van der Waals surface area (Å²) in [4.78, 5) is 20.8. The molecule has 0 saturated carbocycles. The number of hydrogen-bond acceptors (Lipinski definition) is 5. The minimum atomic E-state index is -0.00871. The Morgan fingerprint density at radius 2 is 2.33 bits per heavy atom. The maximum atomic E-state index is 13.3. The van der Waals surface area contributed by atoms with Crippen LogP contribution < -0.4 is 0 Å². The zero-order valence-electron chi connectivity index (χ0n) is 15.7. The Morgan fingerprint density at radius 1 is 1.44 bits per heavy atom. The van der Waals surface area contributed by atoms with Gasteiger partial charge in [-0.15, -0.1) is 11.3 Å². The number of thiophene rings is 1. The Morgan fingerprint density at radius 3 is 3.04 bits per heavy atom. The number of fused-ring (bicyclic) bond motifs is 1. The van der Waals surface area contributed by atoms with Crippen LogP contribution in [0.3, 0.4) is 0 Å². The highest BCUT2D eigenvalue weighted by molar-refractivity contribution is 7.09. The van der Waals surface area contributed by atoms with Crippen molar-refractivity contribution >= 4 is 28.3 Å². The van der Waals surface area contributed by atoms with Crippen molar-refractivity contribution in [2.24, 2.45) is 0 Å². The SMILES string of the molecule is CC(C)n1ncc2cc(C(=O)N(Cc3cccs3)C[C@H]3CCCO3)cnc21. The molecule has 0 radical (unpaired) electrons. The first-order chi connectivity index (χ1) is 13.1. The molecule has 1 atom stereocenters. The summed E-state index contributed by atoms with van der Waals surface area (Å²) in [5, 5.41) is 7.33. The van der Waals surface area contributed by atoms with Gasteiger partial charge in [-0.05, 0) is 44.2 Å². The van der Waals surface area contributed by atoms with Crippen LogP contribution in [0.1, 0.15) is 48.0 Å². The van der Waals surface area contributed by atoms with Crippen LogP contribution in [-0.4, -0.2) is 44.8 Å². The molecule has 1 amide bonds. The second-order valence-corrected chi connectivity index (χ2v) is 8.25. The molecule has 0 N–H and O–H groups in total. The number of pyridine rings is 1. The van der Waals surface area contributed by atoms with Crippen molar-refractivity contribution in [3.8, 4) is 0 Å². The standard InChI is InChI=1S/C20H24N4O2S/c1-14(2)24-19-15(11-22-24)9-16(10-21-19)20(25)23(12-17-5-3-7-26-17)13-18-6-4-8-27-18/h4,6,8-11,14,17H,3,5,7,12-13H2,1-2H3/t17-/m1/s1. The van der Waals surface area contributed by atoms with E-state index in [0.29, 0.717) is 18.7 Å². The largest absolute Gasteiger partial charge is 0.376 e. The molecule has 0 unspecified atom stereocenters. The van der Waals surface area contributed by atoms with Crippen molar-refractivity contribution in [2.45, 2.75) is 45.4 Å². The fraction of sp³-hybridized carbons (Fsp3) is 0.450. The van der Waals surface area contributed by atoms with Gasteiger partial charge in [-0.25, -0.2) is 9.67 Å². The molecule has 0 aliphatic carbocycles. The first-order valence-electron chi connectivity index (χ1n) is 9.38. The highest BCUT2D eigenvalue weighted by Gasteiger charge is 2.24. The molecule has 0 bridgehead atoms. The Bertz CT molecular complexity index is 913. The Balaban J connectivity index is 1.60. The molecular weight excluding hydrogens is 360 g/mol. The van der Waals surface area contributed by atoms with Crippen molar-refractivity contribution in [1.82, 2.24) is 19.7 Å². The van der Waals surface area contributed by atoms with Gasteiger partial charge < -0.3 is 9.64 Å². The lowest BCUT2D eigenvalue weighted by atomic mass is 10.1. The molecule has 7 heteroatoms. The van der Waals surface area contributed by atoms with E-state index in [4.69, 9.17) is 4.74 Å². The number of aromatic nitrogens is 3. The Kier molecular flexibility index (Phi) is 5.22. The third-order valence-corrected chi connectivity index (χ3v) is 5.69. The molecule has 6 nitrogen and oxygen atoms in total. The molecule has 1 fully saturated rings. The smallest absolute Gasteiger partial charge is 0.255 e. The zero-order valence-corrected chi connectivity index (χ0v) is 16.5. The summed E-state index contributed by atoms with van der Waals surface area (Å²) in [5.41, 5.74) is 1.41. The average molecular weight is 385 g/mol. The molecule has 3 aromatic rings. The summed E-state index contributed by atoms with van der Waals surface area (Å²) >= 11 is 1.67. The maximum Gasteiger partial charge on any atom is 0.255 e. The predicted molar refractivity (Wildman–Crippen MR) is 106 cm³/mol. The van der Waals surface area contributed by atoms with E-state index < -0.39 is 0 Å². The molecule has 4 rings (SSSR count). The monoisotopic (exact) mass is 384 g/mol. The van der Waals surface area contributed by atoms with Crippen LogP contribution in [-0.2, 0) is 11.3 Å². The van der Waals surface area contributed by atoms with Gasteiger partial charge in [-0.2, -0.15) is 5.10 Å². The zero-order chi connectivity index (χ0) is 18.8. The number of carbonyl (C=O) groups excluding carboxylic acids is 1.